The molecule has 0 saturated carbocycles. The minimum Gasteiger partial charge on any atom is -0.461 e. The van der Waals surface area contributed by atoms with Gasteiger partial charge in [0.1, 0.15) is 6.10 Å². The maximum atomic E-state index is 12.4. The Balaban J connectivity index is 1.26. The lowest BCUT2D eigenvalue weighted by molar-refractivity contribution is 0.0938. The number of anilines is 1. The van der Waals surface area contributed by atoms with E-state index in [1.165, 1.54) is 5.69 Å². The predicted molar refractivity (Wildman–Crippen MR) is 136 cm³/mol. The molecule has 2 aliphatic rings. The van der Waals surface area contributed by atoms with Crippen molar-refractivity contribution < 1.29 is 14.3 Å². The molecule has 0 atom stereocenters. The van der Waals surface area contributed by atoms with E-state index in [0.29, 0.717) is 42.0 Å². The topological polar surface area (TPSA) is 86.8 Å². The zero-order valence-electron chi connectivity index (χ0n) is 20.2. The SMILES string of the molecule is CCN(C)C(=O)N1CCC(Oc2nc3nc(-c4ccc(N5CCOCC5)cc4)c(Cl)cc3[nH]2)CC1. The molecule has 0 bridgehead atoms. The summed E-state index contributed by atoms with van der Waals surface area (Å²) in [6, 6.07) is 10.6. The van der Waals surface area contributed by atoms with Gasteiger partial charge in [0.15, 0.2) is 5.65 Å². The molecule has 0 radical (unpaired) electrons. The summed E-state index contributed by atoms with van der Waals surface area (Å²) in [4.78, 5) is 30.7. The Bertz CT molecular complexity index is 1170. The maximum absolute atomic E-state index is 12.4. The van der Waals surface area contributed by atoms with Gasteiger partial charge in [0.05, 0.1) is 29.4 Å². The van der Waals surface area contributed by atoms with Gasteiger partial charge in [0.2, 0.25) is 0 Å². The monoisotopic (exact) mass is 498 g/mol. The van der Waals surface area contributed by atoms with E-state index >= 15 is 0 Å². The molecule has 2 fully saturated rings. The molecule has 3 aromatic rings. The molecule has 0 unspecified atom stereocenters. The minimum absolute atomic E-state index is 0.00535. The Labute approximate surface area is 210 Å². The largest absolute Gasteiger partial charge is 0.461 e. The number of aromatic amines is 1. The Hall–Kier alpha value is -3.04. The summed E-state index contributed by atoms with van der Waals surface area (Å²) in [5.74, 6) is 0. The number of imidazole rings is 1. The third kappa shape index (κ3) is 5.16. The highest BCUT2D eigenvalue weighted by molar-refractivity contribution is 6.33. The lowest BCUT2D eigenvalue weighted by atomic mass is 10.1. The highest BCUT2D eigenvalue weighted by Crippen LogP contribution is 2.31. The third-order valence-electron chi connectivity index (χ3n) is 6.71. The Morgan fingerprint density at radius 2 is 1.89 bits per heavy atom. The Morgan fingerprint density at radius 3 is 2.57 bits per heavy atom. The molecule has 1 aromatic carbocycles. The summed E-state index contributed by atoms with van der Waals surface area (Å²) >= 11 is 6.59. The Morgan fingerprint density at radius 1 is 1.17 bits per heavy atom. The van der Waals surface area contributed by atoms with Crippen molar-refractivity contribution in [3.05, 3.63) is 35.4 Å². The number of amides is 2. The van der Waals surface area contributed by atoms with Crippen LogP contribution in [0.15, 0.2) is 30.3 Å². The number of halogens is 1. The van der Waals surface area contributed by atoms with Gasteiger partial charge >= 0.3 is 6.03 Å². The van der Waals surface area contributed by atoms with Crippen LogP contribution in [0.25, 0.3) is 22.4 Å². The van der Waals surface area contributed by atoms with E-state index in [0.717, 1.165) is 50.2 Å². The van der Waals surface area contributed by atoms with Crippen molar-refractivity contribution in [2.45, 2.75) is 25.9 Å². The quantitative estimate of drug-likeness (QED) is 0.571. The van der Waals surface area contributed by atoms with E-state index in [2.05, 4.69) is 27.0 Å². The fourth-order valence-electron chi connectivity index (χ4n) is 4.51. The number of H-pyrrole nitrogens is 1. The van der Waals surface area contributed by atoms with E-state index in [1.807, 2.05) is 37.1 Å². The number of likely N-dealkylation sites (tertiary alicyclic amines) is 1. The van der Waals surface area contributed by atoms with Gasteiger partial charge in [-0.1, -0.05) is 23.7 Å². The van der Waals surface area contributed by atoms with Crippen molar-refractivity contribution in [2.24, 2.45) is 0 Å². The van der Waals surface area contributed by atoms with E-state index in [1.54, 1.807) is 4.90 Å². The molecule has 2 aliphatic heterocycles. The first kappa shape index (κ1) is 23.7. The number of benzene rings is 1. The van der Waals surface area contributed by atoms with Crippen molar-refractivity contribution in [3.8, 4) is 17.3 Å². The van der Waals surface area contributed by atoms with Crippen LogP contribution >= 0.6 is 11.6 Å². The number of morpholine rings is 1. The third-order valence-corrected chi connectivity index (χ3v) is 7.00. The van der Waals surface area contributed by atoms with E-state index in [4.69, 9.17) is 26.1 Å². The van der Waals surface area contributed by atoms with Gasteiger partial charge in [-0.2, -0.15) is 4.98 Å². The summed E-state index contributed by atoms with van der Waals surface area (Å²) in [7, 11) is 1.82. The molecule has 10 heteroatoms. The molecule has 9 nitrogen and oxygen atoms in total. The fraction of sp³-hybridized carbons (Fsp3) is 0.480. The minimum atomic E-state index is -0.00535. The lowest BCUT2D eigenvalue weighted by Gasteiger charge is -2.33. The zero-order chi connectivity index (χ0) is 24.4. The van der Waals surface area contributed by atoms with E-state index < -0.39 is 0 Å². The highest BCUT2D eigenvalue weighted by Gasteiger charge is 2.26. The van der Waals surface area contributed by atoms with Crippen LogP contribution in [-0.4, -0.2) is 89.9 Å². The number of urea groups is 1. The van der Waals surface area contributed by atoms with Crippen LogP contribution in [0.5, 0.6) is 6.01 Å². The zero-order valence-corrected chi connectivity index (χ0v) is 20.9. The predicted octanol–water partition coefficient (Wildman–Crippen LogP) is 4.03. The van der Waals surface area contributed by atoms with Gasteiger partial charge in [-0.25, -0.2) is 9.78 Å². The van der Waals surface area contributed by atoms with Crippen LogP contribution in [0.3, 0.4) is 0 Å². The number of pyridine rings is 1. The number of hydrogen-bond donors (Lipinski definition) is 1. The second kappa shape index (κ2) is 10.3. The first-order valence-electron chi connectivity index (χ1n) is 12.2. The van der Waals surface area contributed by atoms with E-state index in [9.17, 15) is 4.79 Å². The number of aromatic nitrogens is 3. The summed E-state index contributed by atoms with van der Waals surface area (Å²) in [6.07, 6.45) is 1.51. The van der Waals surface area contributed by atoms with Crippen molar-refractivity contribution in [1.29, 1.82) is 0 Å². The number of rotatable bonds is 5. The molecule has 4 heterocycles. The molecule has 2 saturated heterocycles. The number of ether oxygens (including phenoxy) is 2. The average molecular weight is 499 g/mol. The number of piperidine rings is 1. The first-order valence-corrected chi connectivity index (χ1v) is 12.6. The highest BCUT2D eigenvalue weighted by atomic mass is 35.5. The second-order valence-corrected chi connectivity index (χ2v) is 9.39. The van der Waals surface area contributed by atoms with Gasteiger partial charge in [-0.15, -0.1) is 0 Å². The smallest absolute Gasteiger partial charge is 0.319 e. The van der Waals surface area contributed by atoms with Crippen molar-refractivity contribution in [3.63, 3.8) is 0 Å². The molecule has 35 heavy (non-hydrogen) atoms. The first-order chi connectivity index (χ1) is 17.0. The molecule has 2 aromatic heterocycles. The van der Waals surface area contributed by atoms with Crippen LogP contribution in [0, 0.1) is 0 Å². The van der Waals surface area contributed by atoms with Gasteiger partial charge in [-0.3, -0.25) is 0 Å². The molecular weight excluding hydrogens is 468 g/mol. The second-order valence-electron chi connectivity index (χ2n) is 8.98. The van der Waals surface area contributed by atoms with Crippen molar-refractivity contribution in [2.75, 3.05) is 57.9 Å². The number of carbonyl (C=O) groups excluding carboxylic acids is 1. The van der Waals surface area contributed by atoms with Crippen LogP contribution in [0.1, 0.15) is 19.8 Å². The van der Waals surface area contributed by atoms with Crippen LogP contribution in [0.4, 0.5) is 10.5 Å². The van der Waals surface area contributed by atoms with Crippen LogP contribution in [-0.2, 0) is 4.74 Å². The molecule has 5 rings (SSSR count). The van der Waals surface area contributed by atoms with Gasteiger partial charge < -0.3 is 29.2 Å². The van der Waals surface area contributed by atoms with Gasteiger partial charge in [0.25, 0.3) is 6.01 Å². The summed E-state index contributed by atoms with van der Waals surface area (Å²) in [5, 5.41) is 0.554. The lowest BCUT2D eigenvalue weighted by Crippen LogP contribution is -2.47. The molecule has 0 aliphatic carbocycles. The molecular formula is C25H31ClN6O3. The normalized spacial score (nSPS) is 17.1. The van der Waals surface area contributed by atoms with E-state index in [-0.39, 0.29) is 12.1 Å². The maximum Gasteiger partial charge on any atom is 0.319 e. The van der Waals surface area contributed by atoms with Gasteiger partial charge in [-0.05, 0) is 25.1 Å². The fourth-order valence-corrected chi connectivity index (χ4v) is 4.77. The van der Waals surface area contributed by atoms with Crippen molar-refractivity contribution in [1.82, 2.24) is 24.8 Å². The number of fused-ring (bicyclic) bond motifs is 1. The number of nitrogens with one attached hydrogen (secondary N) is 1. The van der Waals surface area contributed by atoms with Crippen LogP contribution in [0.2, 0.25) is 5.02 Å². The van der Waals surface area contributed by atoms with Crippen molar-refractivity contribution >= 4 is 34.5 Å². The molecule has 0 spiro atoms. The van der Waals surface area contributed by atoms with Crippen LogP contribution < -0.4 is 9.64 Å². The standard InChI is InChI=1S/C25H31ClN6O3/c1-3-30(2)25(33)32-10-8-19(9-11-32)35-24-27-21-16-20(26)22(28-23(21)29-24)17-4-6-18(7-5-17)31-12-14-34-15-13-31/h4-7,16,19H,3,8-15H2,1-2H3,(H,27,28,29). The summed E-state index contributed by atoms with van der Waals surface area (Å²) < 4.78 is 11.5. The average Bonchev–Trinajstić information content (AvgIpc) is 3.29. The summed E-state index contributed by atoms with van der Waals surface area (Å²) in [6.45, 7) is 7.30. The molecule has 2 amide bonds. The molecule has 1 N–H and O–H groups in total. The molecule has 186 valence electrons. The Kier molecular flexibility index (Phi) is 6.97. The summed E-state index contributed by atoms with van der Waals surface area (Å²) in [5.41, 5.74) is 4.09. The van der Waals surface area contributed by atoms with Gasteiger partial charge in [0, 0.05) is 63.9 Å². The number of hydrogen-bond acceptors (Lipinski definition) is 6. The number of carbonyl (C=O) groups is 1. The number of nitrogens with zero attached hydrogens (tertiary/aromatic N) is 5.